The summed E-state index contributed by atoms with van der Waals surface area (Å²) in [7, 11) is 1.55. The third kappa shape index (κ3) is 5.11. The molecule has 1 N–H and O–H groups in total. The van der Waals surface area contributed by atoms with Gasteiger partial charge in [-0.15, -0.1) is 6.58 Å². The van der Waals surface area contributed by atoms with Gasteiger partial charge in [0.2, 0.25) is 0 Å². The van der Waals surface area contributed by atoms with E-state index in [0.29, 0.717) is 12.6 Å². The average molecular weight is 278 g/mol. The van der Waals surface area contributed by atoms with E-state index in [1.54, 1.807) is 31.6 Å². The largest absolute Gasteiger partial charge is 0.459 e. The first-order chi connectivity index (χ1) is 9.58. The fourth-order valence-electron chi connectivity index (χ4n) is 1.81. The van der Waals surface area contributed by atoms with Crippen molar-refractivity contribution in [1.82, 2.24) is 9.97 Å². The number of hydrogen-bond donors (Lipinski definition) is 1. The predicted molar refractivity (Wildman–Crippen MR) is 77.4 cm³/mol. The molecule has 3 atom stereocenters. The maximum atomic E-state index is 10.1. The van der Waals surface area contributed by atoms with E-state index in [1.165, 1.54) is 0 Å². The Morgan fingerprint density at radius 1 is 1.45 bits per heavy atom. The highest BCUT2D eigenvalue weighted by molar-refractivity contribution is 5.06. The van der Waals surface area contributed by atoms with Crippen LogP contribution in [0.2, 0.25) is 0 Å². The van der Waals surface area contributed by atoms with Crippen LogP contribution in [0.3, 0.4) is 0 Å². The monoisotopic (exact) mass is 278 g/mol. The van der Waals surface area contributed by atoms with Crippen LogP contribution in [0, 0.1) is 5.92 Å². The molecule has 0 aliphatic carbocycles. The molecule has 0 spiro atoms. The Balaban J connectivity index is 2.53. The lowest BCUT2D eigenvalue weighted by Crippen LogP contribution is -2.31. The third-order valence-corrected chi connectivity index (χ3v) is 2.90. The molecule has 0 saturated carbocycles. The molecule has 5 nitrogen and oxygen atoms in total. The lowest BCUT2D eigenvalue weighted by molar-refractivity contribution is -0.00160. The van der Waals surface area contributed by atoms with Crippen molar-refractivity contribution in [2.45, 2.75) is 26.1 Å². The van der Waals surface area contributed by atoms with Crippen molar-refractivity contribution in [3.63, 3.8) is 0 Å². The van der Waals surface area contributed by atoms with Gasteiger partial charge in [0.15, 0.2) is 0 Å². The third-order valence-electron chi connectivity index (χ3n) is 2.90. The minimum absolute atomic E-state index is 0.0711. The molecule has 0 aliphatic rings. The van der Waals surface area contributed by atoms with E-state index in [4.69, 9.17) is 9.47 Å². The summed E-state index contributed by atoms with van der Waals surface area (Å²) < 4.78 is 10.6. The minimum atomic E-state index is -0.638. The predicted octanol–water partition coefficient (Wildman–Crippen LogP) is 2.00. The number of aliphatic hydroxyl groups is 1. The van der Waals surface area contributed by atoms with Gasteiger partial charge >= 0.3 is 6.01 Å². The van der Waals surface area contributed by atoms with Crippen molar-refractivity contribution < 1.29 is 14.6 Å². The lowest BCUT2D eigenvalue weighted by atomic mass is 9.97. The number of methoxy groups -OCH3 is 1. The van der Waals surface area contributed by atoms with E-state index < -0.39 is 6.10 Å². The Morgan fingerprint density at radius 3 is 2.65 bits per heavy atom. The van der Waals surface area contributed by atoms with E-state index in [9.17, 15) is 5.11 Å². The van der Waals surface area contributed by atoms with Crippen LogP contribution in [0.5, 0.6) is 6.01 Å². The van der Waals surface area contributed by atoms with E-state index in [0.717, 1.165) is 5.57 Å². The Labute approximate surface area is 120 Å². The number of hydrogen-bond acceptors (Lipinski definition) is 5. The van der Waals surface area contributed by atoms with Crippen LogP contribution >= 0.6 is 0 Å². The molecule has 0 amide bonds. The molecule has 1 aromatic heterocycles. The maximum Gasteiger partial charge on any atom is 0.316 e. The summed E-state index contributed by atoms with van der Waals surface area (Å²) >= 11 is 0. The van der Waals surface area contributed by atoms with Gasteiger partial charge in [-0.1, -0.05) is 19.1 Å². The highest BCUT2D eigenvalue weighted by Gasteiger charge is 2.20. The molecule has 0 saturated heterocycles. The van der Waals surface area contributed by atoms with Crippen LogP contribution < -0.4 is 4.74 Å². The molecule has 5 heteroatoms. The Bertz CT molecular complexity index is 434. The first-order valence-electron chi connectivity index (χ1n) is 6.49. The molecular formula is C15H22N2O3. The molecule has 0 fully saturated rings. The van der Waals surface area contributed by atoms with Gasteiger partial charge in [-0.2, -0.15) is 0 Å². The number of aromatic nitrogens is 2. The number of rotatable bonds is 8. The summed E-state index contributed by atoms with van der Waals surface area (Å²) in [6.45, 7) is 7.88. The van der Waals surface area contributed by atoms with E-state index in [2.05, 4.69) is 16.5 Å². The van der Waals surface area contributed by atoms with Gasteiger partial charge in [0.05, 0.1) is 6.10 Å². The Hall–Kier alpha value is -1.72. The van der Waals surface area contributed by atoms with Crippen LogP contribution in [0.4, 0.5) is 0 Å². The Kier molecular flexibility index (Phi) is 6.90. The van der Waals surface area contributed by atoms with Crippen LogP contribution in [0.15, 0.2) is 42.8 Å². The van der Waals surface area contributed by atoms with Gasteiger partial charge in [0.1, 0.15) is 12.7 Å². The second-order valence-corrected chi connectivity index (χ2v) is 4.62. The van der Waals surface area contributed by atoms with E-state index in [1.807, 2.05) is 19.9 Å². The van der Waals surface area contributed by atoms with Gasteiger partial charge in [0, 0.05) is 25.4 Å². The second-order valence-electron chi connectivity index (χ2n) is 4.62. The second kappa shape index (κ2) is 8.45. The molecule has 0 unspecified atom stereocenters. The molecule has 1 rings (SSSR count). The van der Waals surface area contributed by atoms with Crippen molar-refractivity contribution in [2.75, 3.05) is 13.7 Å². The summed E-state index contributed by atoms with van der Waals surface area (Å²) in [6.07, 6.45) is 5.77. The standard InChI is InChI=1S/C15H22N2O3/c1-5-13(19-4)14(18)12(3)9-11(2)10-20-15-16-7-6-8-17-15/h5-9,12-14,18H,1,10H2,2-4H3/b11-9-/t12-,13+,14+/m1/s1. The topological polar surface area (TPSA) is 64.5 Å². The fourth-order valence-corrected chi connectivity index (χ4v) is 1.81. The Morgan fingerprint density at radius 2 is 2.10 bits per heavy atom. The average Bonchev–Trinajstić information content (AvgIpc) is 2.47. The summed E-state index contributed by atoms with van der Waals surface area (Å²) in [5.41, 5.74) is 0.989. The van der Waals surface area contributed by atoms with Crippen LogP contribution in [0.25, 0.3) is 0 Å². The number of nitrogens with zero attached hydrogens (tertiary/aromatic N) is 2. The maximum absolute atomic E-state index is 10.1. The molecule has 0 aromatic carbocycles. The lowest BCUT2D eigenvalue weighted by Gasteiger charge is -2.22. The van der Waals surface area contributed by atoms with Crippen molar-refractivity contribution >= 4 is 0 Å². The van der Waals surface area contributed by atoms with Crippen molar-refractivity contribution in [3.05, 3.63) is 42.8 Å². The van der Waals surface area contributed by atoms with Gasteiger partial charge in [-0.3, -0.25) is 0 Å². The van der Waals surface area contributed by atoms with Gasteiger partial charge < -0.3 is 14.6 Å². The summed E-state index contributed by atoms with van der Waals surface area (Å²) in [4.78, 5) is 7.95. The molecular weight excluding hydrogens is 256 g/mol. The van der Waals surface area contributed by atoms with Crippen molar-refractivity contribution in [3.8, 4) is 6.01 Å². The van der Waals surface area contributed by atoms with Crippen LogP contribution in [-0.4, -0.2) is 41.0 Å². The van der Waals surface area contributed by atoms with E-state index in [-0.39, 0.29) is 12.0 Å². The zero-order valence-electron chi connectivity index (χ0n) is 12.2. The van der Waals surface area contributed by atoms with Crippen molar-refractivity contribution in [2.24, 2.45) is 5.92 Å². The van der Waals surface area contributed by atoms with E-state index >= 15 is 0 Å². The van der Waals surface area contributed by atoms with Gasteiger partial charge in [0.25, 0.3) is 0 Å². The molecule has 1 aromatic rings. The number of ether oxygens (including phenoxy) is 2. The minimum Gasteiger partial charge on any atom is -0.459 e. The summed E-state index contributed by atoms with van der Waals surface area (Å²) in [6, 6.07) is 2.07. The summed E-state index contributed by atoms with van der Waals surface area (Å²) in [5, 5.41) is 10.1. The van der Waals surface area contributed by atoms with Crippen molar-refractivity contribution in [1.29, 1.82) is 0 Å². The molecule has 0 aliphatic heterocycles. The molecule has 0 bridgehead atoms. The molecule has 110 valence electrons. The highest BCUT2D eigenvalue weighted by atomic mass is 16.5. The zero-order valence-corrected chi connectivity index (χ0v) is 12.2. The summed E-state index contributed by atoms with van der Waals surface area (Å²) in [5.74, 6) is -0.0711. The fraction of sp³-hybridized carbons (Fsp3) is 0.467. The quantitative estimate of drug-likeness (QED) is 0.737. The van der Waals surface area contributed by atoms with Crippen LogP contribution in [0.1, 0.15) is 13.8 Å². The molecule has 0 radical (unpaired) electrons. The van der Waals surface area contributed by atoms with Crippen LogP contribution in [-0.2, 0) is 4.74 Å². The first-order valence-corrected chi connectivity index (χ1v) is 6.49. The first kappa shape index (κ1) is 16.3. The SMILES string of the molecule is C=C[C@H](OC)[C@@H](O)[C@H](C)/C=C(/C)COc1ncccn1. The smallest absolute Gasteiger partial charge is 0.316 e. The normalized spacial score (nSPS) is 16.3. The van der Waals surface area contributed by atoms with Gasteiger partial charge in [-0.25, -0.2) is 9.97 Å². The highest BCUT2D eigenvalue weighted by Crippen LogP contribution is 2.14. The number of aliphatic hydroxyl groups excluding tert-OH is 1. The molecule has 20 heavy (non-hydrogen) atoms. The molecule has 1 heterocycles. The zero-order chi connectivity index (χ0) is 15.0. The van der Waals surface area contributed by atoms with Gasteiger partial charge in [-0.05, 0) is 18.6 Å².